The maximum atomic E-state index is 12.1. The number of carbonyl (C=O) groups excluding carboxylic acids is 1. The van der Waals surface area contributed by atoms with E-state index in [0.29, 0.717) is 5.69 Å². The Morgan fingerprint density at radius 2 is 1.95 bits per heavy atom. The zero-order valence-corrected chi connectivity index (χ0v) is 12.5. The molecular formula is C17H21N3O. The molecule has 2 rings (SSSR count). The number of pyridine rings is 1. The Balaban J connectivity index is 1.97. The van der Waals surface area contributed by atoms with Crippen LogP contribution in [0.5, 0.6) is 0 Å². The van der Waals surface area contributed by atoms with Gasteiger partial charge in [-0.3, -0.25) is 9.78 Å². The van der Waals surface area contributed by atoms with E-state index in [9.17, 15) is 4.79 Å². The highest BCUT2D eigenvalue weighted by Crippen LogP contribution is 2.12. The third-order valence-corrected chi connectivity index (χ3v) is 3.19. The number of amides is 1. The van der Waals surface area contributed by atoms with Gasteiger partial charge in [0.1, 0.15) is 5.69 Å². The Bertz CT molecular complexity index is 593. The van der Waals surface area contributed by atoms with Crippen molar-refractivity contribution in [1.29, 1.82) is 0 Å². The molecule has 110 valence electrons. The van der Waals surface area contributed by atoms with E-state index in [4.69, 9.17) is 0 Å². The van der Waals surface area contributed by atoms with Crippen molar-refractivity contribution >= 4 is 11.6 Å². The smallest absolute Gasteiger partial charge is 0.274 e. The van der Waals surface area contributed by atoms with Crippen molar-refractivity contribution in [3.05, 3.63) is 59.4 Å². The Morgan fingerprint density at radius 1 is 1.19 bits per heavy atom. The van der Waals surface area contributed by atoms with Crippen molar-refractivity contribution in [2.75, 3.05) is 11.9 Å². The van der Waals surface area contributed by atoms with Gasteiger partial charge in [-0.15, -0.1) is 0 Å². The molecule has 2 N–H and O–H groups in total. The van der Waals surface area contributed by atoms with E-state index in [1.165, 1.54) is 5.56 Å². The number of rotatable bonds is 6. The summed E-state index contributed by atoms with van der Waals surface area (Å²) in [6.45, 7) is 5.88. The van der Waals surface area contributed by atoms with Gasteiger partial charge in [0, 0.05) is 18.4 Å². The first-order valence-electron chi connectivity index (χ1n) is 7.23. The second-order valence-electron chi connectivity index (χ2n) is 5.00. The van der Waals surface area contributed by atoms with E-state index in [0.717, 1.165) is 30.8 Å². The third kappa shape index (κ3) is 4.39. The van der Waals surface area contributed by atoms with Gasteiger partial charge in [-0.25, -0.2) is 0 Å². The average Bonchev–Trinajstić information content (AvgIpc) is 2.49. The van der Waals surface area contributed by atoms with Crippen LogP contribution < -0.4 is 10.6 Å². The van der Waals surface area contributed by atoms with Crippen molar-refractivity contribution in [2.45, 2.75) is 26.8 Å². The molecule has 0 radical (unpaired) electrons. The zero-order valence-electron chi connectivity index (χ0n) is 12.5. The molecule has 0 fully saturated rings. The Kier molecular flexibility index (Phi) is 5.46. The number of hydrogen-bond acceptors (Lipinski definition) is 3. The first kappa shape index (κ1) is 15.2. The van der Waals surface area contributed by atoms with Crippen molar-refractivity contribution < 1.29 is 4.79 Å². The molecule has 0 aliphatic heterocycles. The molecule has 0 spiro atoms. The van der Waals surface area contributed by atoms with E-state index < -0.39 is 0 Å². The lowest BCUT2D eigenvalue weighted by Crippen LogP contribution is -2.15. The molecule has 0 saturated heterocycles. The van der Waals surface area contributed by atoms with Crippen LogP contribution in [0.15, 0.2) is 42.6 Å². The molecule has 21 heavy (non-hydrogen) atoms. The fraction of sp³-hybridized carbons (Fsp3) is 0.294. The van der Waals surface area contributed by atoms with Crippen LogP contribution in [-0.4, -0.2) is 17.4 Å². The molecule has 4 heteroatoms. The molecule has 0 saturated carbocycles. The maximum absolute atomic E-state index is 12.1. The largest absolute Gasteiger partial charge is 0.321 e. The van der Waals surface area contributed by atoms with Crippen LogP contribution in [0.25, 0.3) is 0 Å². The van der Waals surface area contributed by atoms with Crippen LogP contribution in [0, 0.1) is 6.92 Å². The van der Waals surface area contributed by atoms with Gasteiger partial charge in [0.2, 0.25) is 0 Å². The molecule has 0 bridgehead atoms. The Hall–Kier alpha value is -2.20. The van der Waals surface area contributed by atoms with Crippen LogP contribution in [0.1, 0.15) is 35.0 Å². The van der Waals surface area contributed by atoms with Crippen LogP contribution in [0.3, 0.4) is 0 Å². The number of hydrogen-bond donors (Lipinski definition) is 2. The van der Waals surface area contributed by atoms with Gasteiger partial charge >= 0.3 is 0 Å². The van der Waals surface area contributed by atoms with Crippen molar-refractivity contribution in [2.24, 2.45) is 0 Å². The number of benzene rings is 1. The molecule has 0 aliphatic rings. The van der Waals surface area contributed by atoms with Crippen molar-refractivity contribution in [3.63, 3.8) is 0 Å². The summed E-state index contributed by atoms with van der Waals surface area (Å²) >= 11 is 0. The minimum atomic E-state index is -0.176. The quantitative estimate of drug-likeness (QED) is 0.801. The zero-order chi connectivity index (χ0) is 15.1. The summed E-state index contributed by atoms with van der Waals surface area (Å²) in [6.07, 6.45) is 2.75. The summed E-state index contributed by atoms with van der Waals surface area (Å²) in [5.74, 6) is -0.176. The molecule has 1 amide bonds. The van der Waals surface area contributed by atoms with Crippen molar-refractivity contribution in [1.82, 2.24) is 10.3 Å². The van der Waals surface area contributed by atoms with E-state index in [-0.39, 0.29) is 5.91 Å². The molecule has 1 heterocycles. The van der Waals surface area contributed by atoms with Crippen LogP contribution >= 0.6 is 0 Å². The molecule has 0 aliphatic carbocycles. The lowest BCUT2D eigenvalue weighted by Gasteiger charge is -2.08. The standard InChI is InChI=1S/C17H21N3O/c1-3-10-18-12-14-6-8-15(9-7-14)20-17(21)16-13(2)5-4-11-19-16/h4-9,11,18H,3,10,12H2,1-2H3,(H,20,21). The van der Waals surface area contributed by atoms with Gasteiger partial charge in [0.25, 0.3) is 5.91 Å². The molecule has 2 aromatic rings. The Labute approximate surface area is 125 Å². The monoisotopic (exact) mass is 283 g/mol. The first-order valence-corrected chi connectivity index (χ1v) is 7.23. The molecular weight excluding hydrogens is 262 g/mol. The fourth-order valence-corrected chi connectivity index (χ4v) is 2.03. The summed E-state index contributed by atoms with van der Waals surface area (Å²) in [4.78, 5) is 16.3. The maximum Gasteiger partial charge on any atom is 0.274 e. The summed E-state index contributed by atoms with van der Waals surface area (Å²) in [5.41, 5.74) is 3.32. The van der Waals surface area contributed by atoms with E-state index in [2.05, 4.69) is 22.5 Å². The lowest BCUT2D eigenvalue weighted by molar-refractivity contribution is 0.102. The van der Waals surface area contributed by atoms with Crippen LogP contribution in [-0.2, 0) is 6.54 Å². The Morgan fingerprint density at radius 3 is 2.62 bits per heavy atom. The molecule has 4 nitrogen and oxygen atoms in total. The normalized spacial score (nSPS) is 10.4. The van der Waals surface area contributed by atoms with Crippen LogP contribution in [0.2, 0.25) is 0 Å². The SMILES string of the molecule is CCCNCc1ccc(NC(=O)c2ncccc2C)cc1. The second kappa shape index (κ2) is 7.55. The number of nitrogens with zero attached hydrogens (tertiary/aromatic N) is 1. The number of aromatic nitrogens is 1. The van der Waals surface area contributed by atoms with Crippen molar-refractivity contribution in [3.8, 4) is 0 Å². The minimum absolute atomic E-state index is 0.176. The first-order chi connectivity index (χ1) is 10.2. The minimum Gasteiger partial charge on any atom is -0.321 e. The number of nitrogens with one attached hydrogen (secondary N) is 2. The molecule has 0 unspecified atom stereocenters. The van der Waals surface area contributed by atoms with Gasteiger partial charge in [-0.05, 0) is 49.2 Å². The summed E-state index contributed by atoms with van der Waals surface area (Å²) in [5, 5.41) is 6.22. The van der Waals surface area contributed by atoms with Gasteiger partial charge in [0.05, 0.1) is 0 Å². The predicted octanol–water partition coefficient (Wildman–Crippen LogP) is 3.14. The molecule has 0 atom stereocenters. The topological polar surface area (TPSA) is 54.0 Å². The second-order valence-corrected chi connectivity index (χ2v) is 5.00. The van der Waals surface area contributed by atoms with Gasteiger partial charge in [0.15, 0.2) is 0 Å². The fourth-order valence-electron chi connectivity index (χ4n) is 2.03. The average molecular weight is 283 g/mol. The third-order valence-electron chi connectivity index (χ3n) is 3.19. The van der Waals surface area contributed by atoms with Gasteiger partial charge in [-0.2, -0.15) is 0 Å². The predicted molar refractivity (Wildman–Crippen MR) is 85.4 cm³/mol. The summed E-state index contributed by atoms with van der Waals surface area (Å²) < 4.78 is 0. The molecule has 1 aromatic carbocycles. The highest BCUT2D eigenvalue weighted by atomic mass is 16.1. The van der Waals surface area contributed by atoms with Crippen LogP contribution in [0.4, 0.5) is 5.69 Å². The highest BCUT2D eigenvalue weighted by Gasteiger charge is 2.09. The number of carbonyl (C=O) groups is 1. The summed E-state index contributed by atoms with van der Waals surface area (Å²) in [6, 6.07) is 11.6. The van der Waals surface area contributed by atoms with E-state index in [1.807, 2.05) is 43.3 Å². The lowest BCUT2D eigenvalue weighted by atomic mass is 10.2. The summed E-state index contributed by atoms with van der Waals surface area (Å²) in [7, 11) is 0. The van der Waals surface area contributed by atoms with E-state index in [1.54, 1.807) is 6.20 Å². The van der Waals surface area contributed by atoms with Gasteiger partial charge < -0.3 is 10.6 Å². The highest BCUT2D eigenvalue weighted by molar-refractivity contribution is 6.03. The van der Waals surface area contributed by atoms with Gasteiger partial charge in [-0.1, -0.05) is 25.1 Å². The molecule has 1 aromatic heterocycles. The number of anilines is 1. The number of aryl methyl sites for hydroxylation is 1. The van der Waals surface area contributed by atoms with E-state index >= 15 is 0 Å².